The monoisotopic (exact) mass is 334 g/mol. The number of nitrogens with zero attached hydrogens (tertiary/aromatic N) is 4. The molecule has 1 saturated heterocycles. The van der Waals surface area contributed by atoms with Crippen LogP contribution in [0.5, 0.6) is 0 Å². The molecule has 1 fully saturated rings. The summed E-state index contributed by atoms with van der Waals surface area (Å²) >= 11 is 11.4. The predicted octanol–water partition coefficient (Wildman–Crippen LogP) is 2.38. The Labute approximate surface area is 128 Å². The fourth-order valence-corrected chi connectivity index (χ4v) is 2.63. The highest BCUT2D eigenvalue weighted by Crippen LogP contribution is 2.30. The smallest absolute Gasteiger partial charge is 0.225 e. The molecule has 3 rings (SSSR count). The number of fused-ring (bicyclic) bond motifs is 1. The quantitative estimate of drug-likeness (QED) is 0.640. The lowest BCUT2D eigenvalue weighted by molar-refractivity contribution is 0.0643. The third-order valence-electron chi connectivity index (χ3n) is 3.39. The molecule has 3 heterocycles. The Balaban J connectivity index is 2.12. The molecule has 0 spiro atoms. The fourth-order valence-electron chi connectivity index (χ4n) is 2.33. The normalized spacial score (nSPS) is 22.8. The minimum Gasteiger partial charge on any atom is -0.388 e. The van der Waals surface area contributed by atoms with E-state index in [0.717, 1.165) is 0 Å². The molecule has 0 bridgehead atoms. The lowest BCUT2D eigenvalue weighted by atomic mass is 10.1. The number of alkyl halides is 1. The van der Waals surface area contributed by atoms with Gasteiger partial charge in [-0.25, -0.2) is 18.7 Å². The van der Waals surface area contributed by atoms with Gasteiger partial charge in [0.2, 0.25) is 5.28 Å². The molecule has 112 valence electrons. The molecule has 21 heavy (non-hydrogen) atoms. The molecule has 0 unspecified atom stereocenters. The van der Waals surface area contributed by atoms with E-state index < -0.39 is 18.1 Å². The van der Waals surface area contributed by atoms with Crippen molar-refractivity contribution in [2.45, 2.75) is 18.7 Å². The zero-order valence-corrected chi connectivity index (χ0v) is 12.1. The summed E-state index contributed by atoms with van der Waals surface area (Å²) in [6.07, 6.45) is -0.935. The Bertz CT molecular complexity index is 703. The van der Waals surface area contributed by atoms with Crippen LogP contribution in [0.2, 0.25) is 10.4 Å². The summed E-state index contributed by atoms with van der Waals surface area (Å²) in [7, 11) is 0. The largest absolute Gasteiger partial charge is 0.388 e. The molecule has 0 saturated carbocycles. The first kappa shape index (κ1) is 14.6. The summed E-state index contributed by atoms with van der Waals surface area (Å²) < 4.78 is 27.3. The standard InChI is InChI=1S/C12H10Cl2F2N4O/c13-10-8(16)9-5(3-17-10)11(19-12(14)18-9)20-2-1-6(15)7(21)4-20/h3,6-7,21H,1-2,4H2/t6-,7-/m0/s1. The summed E-state index contributed by atoms with van der Waals surface area (Å²) in [5.74, 6) is -0.486. The molecule has 5 nitrogen and oxygen atoms in total. The summed E-state index contributed by atoms with van der Waals surface area (Å²) in [6, 6.07) is 0. The van der Waals surface area contributed by atoms with Crippen molar-refractivity contribution >= 4 is 39.9 Å². The number of rotatable bonds is 1. The molecule has 0 radical (unpaired) electrons. The Morgan fingerprint density at radius 1 is 1.33 bits per heavy atom. The van der Waals surface area contributed by atoms with Gasteiger partial charge in [-0.2, -0.15) is 4.98 Å². The molecular formula is C12H10Cl2F2N4O. The Morgan fingerprint density at radius 3 is 2.81 bits per heavy atom. The lowest BCUT2D eigenvalue weighted by Crippen LogP contribution is -2.45. The van der Waals surface area contributed by atoms with Crippen molar-refractivity contribution in [3.63, 3.8) is 0 Å². The van der Waals surface area contributed by atoms with Crippen LogP contribution in [0.4, 0.5) is 14.6 Å². The van der Waals surface area contributed by atoms with Crippen LogP contribution in [0, 0.1) is 5.82 Å². The van der Waals surface area contributed by atoms with Crippen molar-refractivity contribution in [3.8, 4) is 0 Å². The molecule has 0 aliphatic carbocycles. The van der Waals surface area contributed by atoms with Crippen LogP contribution in [0.15, 0.2) is 6.20 Å². The second-order valence-electron chi connectivity index (χ2n) is 4.76. The van der Waals surface area contributed by atoms with Crippen LogP contribution >= 0.6 is 23.2 Å². The van der Waals surface area contributed by atoms with Crippen LogP contribution in [0.1, 0.15) is 6.42 Å². The summed E-state index contributed by atoms with van der Waals surface area (Å²) in [6.45, 7) is 0.360. The zero-order valence-electron chi connectivity index (χ0n) is 10.6. The number of β-amino-alcohol motifs (C(OH)–C–C–N with tert-alkyl or cyclic N) is 1. The molecule has 1 aliphatic heterocycles. The summed E-state index contributed by atoms with van der Waals surface area (Å²) in [5, 5.41) is 9.49. The molecular weight excluding hydrogens is 325 g/mol. The highest BCUT2D eigenvalue weighted by atomic mass is 35.5. The fraction of sp³-hybridized carbons (Fsp3) is 0.417. The molecule has 0 amide bonds. The van der Waals surface area contributed by atoms with Crippen LogP contribution in [0.25, 0.3) is 10.9 Å². The number of anilines is 1. The van der Waals surface area contributed by atoms with Gasteiger partial charge in [-0.05, 0) is 18.0 Å². The van der Waals surface area contributed by atoms with E-state index in [4.69, 9.17) is 23.2 Å². The van der Waals surface area contributed by atoms with E-state index in [1.165, 1.54) is 6.20 Å². The van der Waals surface area contributed by atoms with Gasteiger partial charge >= 0.3 is 0 Å². The number of piperidine rings is 1. The van der Waals surface area contributed by atoms with Crippen LogP contribution in [0.3, 0.4) is 0 Å². The van der Waals surface area contributed by atoms with Crippen molar-refractivity contribution in [1.82, 2.24) is 15.0 Å². The van der Waals surface area contributed by atoms with Crippen molar-refractivity contribution in [2.75, 3.05) is 18.0 Å². The van der Waals surface area contributed by atoms with Gasteiger partial charge < -0.3 is 10.0 Å². The number of hydrogen-bond donors (Lipinski definition) is 1. The topological polar surface area (TPSA) is 62.1 Å². The van der Waals surface area contributed by atoms with E-state index in [2.05, 4.69) is 15.0 Å². The highest BCUT2D eigenvalue weighted by molar-refractivity contribution is 6.30. The van der Waals surface area contributed by atoms with Gasteiger partial charge in [-0.15, -0.1) is 0 Å². The van der Waals surface area contributed by atoms with E-state index >= 15 is 0 Å². The molecule has 2 aromatic rings. The van der Waals surface area contributed by atoms with Crippen LogP contribution in [-0.2, 0) is 0 Å². The maximum absolute atomic E-state index is 14.0. The first-order valence-electron chi connectivity index (χ1n) is 6.21. The van der Waals surface area contributed by atoms with Gasteiger partial charge in [-0.1, -0.05) is 11.6 Å². The van der Waals surface area contributed by atoms with Crippen molar-refractivity contribution in [1.29, 1.82) is 0 Å². The van der Waals surface area contributed by atoms with E-state index in [1.54, 1.807) is 4.90 Å². The SMILES string of the molecule is O[C@H]1CN(c2nc(Cl)nc3c(F)c(Cl)ncc23)CC[C@@H]1F. The maximum atomic E-state index is 14.0. The maximum Gasteiger partial charge on any atom is 0.225 e. The highest BCUT2D eigenvalue weighted by Gasteiger charge is 2.29. The van der Waals surface area contributed by atoms with E-state index in [-0.39, 0.29) is 28.9 Å². The van der Waals surface area contributed by atoms with E-state index in [0.29, 0.717) is 17.7 Å². The number of aromatic nitrogens is 3. The second kappa shape index (κ2) is 5.47. The Morgan fingerprint density at radius 2 is 2.10 bits per heavy atom. The minimum absolute atomic E-state index is 0.0356. The first-order valence-corrected chi connectivity index (χ1v) is 6.97. The molecule has 2 aromatic heterocycles. The average molecular weight is 335 g/mol. The number of hydrogen-bond acceptors (Lipinski definition) is 5. The predicted molar refractivity (Wildman–Crippen MR) is 75.0 cm³/mol. The van der Waals surface area contributed by atoms with Crippen molar-refractivity contribution in [2.24, 2.45) is 0 Å². The average Bonchev–Trinajstić information content (AvgIpc) is 2.45. The second-order valence-corrected chi connectivity index (χ2v) is 5.46. The van der Waals surface area contributed by atoms with Crippen molar-refractivity contribution < 1.29 is 13.9 Å². The number of aliphatic hydroxyl groups excluding tert-OH is 1. The molecule has 9 heteroatoms. The number of halogens is 4. The Kier molecular flexibility index (Phi) is 3.81. The minimum atomic E-state index is -1.28. The number of pyridine rings is 1. The van der Waals surface area contributed by atoms with Gasteiger partial charge in [0, 0.05) is 19.3 Å². The zero-order chi connectivity index (χ0) is 15.1. The van der Waals surface area contributed by atoms with Crippen LogP contribution in [-0.4, -0.2) is 45.4 Å². The van der Waals surface area contributed by atoms with Crippen molar-refractivity contribution in [3.05, 3.63) is 22.5 Å². The molecule has 1 aliphatic rings. The summed E-state index contributed by atoms with van der Waals surface area (Å²) in [4.78, 5) is 13.2. The third-order valence-corrected chi connectivity index (χ3v) is 3.83. The Hall–Kier alpha value is -1.31. The molecule has 0 aromatic carbocycles. The van der Waals surface area contributed by atoms with Gasteiger partial charge in [0.15, 0.2) is 11.0 Å². The van der Waals surface area contributed by atoms with Crippen LogP contribution < -0.4 is 4.90 Å². The lowest BCUT2D eigenvalue weighted by Gasteiger charge is -2.33. The van der Waals surface area contributed by atoms with Gasteiger partial charge in [0.1, 0.15) is 23.6 Å². The van der Waals surface area contributed by atoms with E-state index in [9.17, 15) is 13.9 Å². The van der Waals surface area contributed by atoms with Gasteiger partial charge in [0.25, 0.3) is 0 Å². The third kappa shape index (κ3) is 2.61. The van der Waals surface area contributed by atoms with Gasteiger partial charge in [0.05, 0.1) is 5.39 Å². The molecule has 1 N–H and O–H groups in total. The number of aliphatic hydroxyl groups is 1. The molecule has 2 atom stereocenters. The van der Waals surface area contributed by atoms with E-state index in [1.807, 2.05) is 0 Å². The first-order chi connectivity index (χ1) is 9.97. The van der Waals surface area contributed by atoms with Gasteiger partial charge in [-0.3, -0.25) is 0 Å². The summed E-state index contributed by atoms with van der Waals surface area (Å²) in [5.41, 5.74) is -0.0538.